The van der Waals surface area contributed by atoms with Crippen molar-refractivity contribution in [3.8, 4) is 5.75 Å². The zero-order chi connectivity index (χ0) is 30.2. The Morgan fingerprint density at radius 1 is 1.12 bits per heavy atom. The number of ether oxygens (including phenoxy) is 1. The van der Waals surface area contributed by atoms with Crippen LogP contribution in [0.25, 0.3) is 0 Å². The van der Waals surface area contributed by atoms with Gasteiger partial charge in [0.1, 0.15) is 22.7 Å². The number of carboxylic acid groups (broad SMARTS) is 1. The Hall–Kier alpha value is -2.29. The molecule has 0 amide bonds. The van der Waals surface area contributed by atoms with Crippen LogP contribution in [0, 0.1) is 16.2 Å². The number of nitrogens with zero attached hydrogens (tertiary/aromatic N) is 2. The first-order valence-corrected chi connectivity index (χ1v) is 14.8. The number of hydrogen-bond donors (Lipinski definition) is 1. The van der Waals surface area contributed by atoms with Gasteiger partial charge in [0.05, 0.1) is 11.3 Å². The van der Waals surface area contributed by atoms with Crippen LogP contribution >= 0.6 is 0 Å². The van der Waals surface area contributed by atoms with Crippen LogP contribution in [0.1, 0.15) is 57.4 Å². The van der Waals surface area contributed by atoms with Gasteiger partial charge in [0.25, 0.3) is 5.92 Å². The summed E-state index contributed by atoms with van der Waals surface area (Å²) in [5.41, 5.74) is -5.57. The second kappa shape index (κ2) is 8.20. The minimum absolute atomic E-state index is 0.0550. The van der Waals surface area contributed by atoms with Crippen LogP contribution in [0.4, 0.5) is 36.4 Å². The Balaban J connectivity index is 1.43. The smallest absolute Gasteiger partial charge is 0.420 e. The van der Waals surface area contributed by atoms with Crippen LogP contribution in [0.2, 0.25) is 0 Å². The van der Waals surface area contributed by atoms with E-state index in [9.17, 15) is 49.1 Å². The molecule has 1 N–H and O–H groups in total. The second-order valence-electron chi connectivity index (χ2n) is 12.6. The zero-order valence-corrected chi connectivity index (χ0v) is 23.0. The highest BCUT2D eigenvalue weighted by Crippen LogP contribution is 3.00. The monoisotopic (exact) mass is 614 g/mol. The first-order valence-electron chi connectivity index (χ1n) is 13.3. The Morgan fingerprint density at radius 2 is 1.73 bits per heavy atom. The molecule has 1 aliphatic heterocycles. The Morgan fingerprint density at radius 3 is 2.22 bits per heavy atom. The highest BCUT2D eigenvalue weighted by Gasteiger charge is 3.05. The van der Waals surface area contributed by atoms with E-state index in [1.807, 2.05) is 0 Å². The lowest BCUT2D eigenvalue weighted by Crippen LogP contribution is -2.47. The summed E-state index contributed by atoms with van der Waals surface area (Å²) in [5.74, 6) is -8.14. The number of anilines is 1. The lowest BCUT2D eigenvalue weighted by Gasteiger charge is -2.38. The number of halogens is 7. The van der Waals surface area contributed by atoms with Gasteiger partial charge in [-0.3, -0.25) is 4.79 Å². The molecule has 3 atom stereocenters. The maximum absolute atomic E-state index is 14.4. The SMILES string of the molecule is CN1[C@H](CCC(C)(F)F)CN(C2CC34CC3(C2)C4(F)F)c2cc(C(F)(F)F)c(OCC3(C(=O)O)CC3)cc2S1(=O)=O. The average molecular weight is 615 g/mol. The molecule has 0 radical (unpaired) electrons. The number of fused-ring (bicyclic) bond motifs is 1. The predicted octanol–water partition coefficient (Wildman–Crippen LogP) is 5.38. The van der Waals surface area contributed by atoms with E-state index < -0.39 is 91.6 Å². The minimum Gasteiger partial charge on any atom is -0.492 e. The molecule has 0 saturated heterocycles. The molecule has 1 aromatic carbocycles. The van der Waals surface area contributed by atoms with Crippen LogP contribution < -0.4 is 9.64 Å². The van der Waals surface area contributed by atoms with Gasteiger partial charge < -0.3 is 14.7 Å². The van der Waals surface area contributed by atoms with E-state index in [-0.39, 0.29) is 44.3 Å². The first-order chi connectivity index (χ1) is 18.7. The van der Waals surface area contributed by atoms with Crippen molar-refractivity contribution in [2.45, 2.75) is 86.9 Å². The molecule has 2 unspecified atom stereocenters. The summed E-state index contributed by atoms with van der Waals surface area (Å²) >= 11 is 0. The summed E-state index contributed by atoms with van der Waals surface area (Å²) in [6.45, 7) is -0.201. The molecule has 0 bridgehead atoms. The van der Waals surface area contributed by atoms with Crippen molar-refractivity contribution in [2.24, 2.45) is 16.2 Å². The van der Waals surface area contributed by atoms with Gasteiger partial charge in [-0.25, -0.2) is 26.0 Å². The summed E-state index contributed by atoms with van der Waals surface area (Å²) in [5, 5.41) is 9.42. The fraction of sp³-hybridized carbons (Fsp3) is 0.731. The molecule has 4 fully saturated rings. The van der Waals surface area contributed by atoms with Crippen LogP contribution in [0.5, 0.6) is 5.75 Å². The summed E-state index contributed by atoms with van der Waals surface area (Å²) < 4.78 is 133. The van der Waals surface area contributed by atoms with Gasteiger partial charge in [0.15, 0.2) is 0 Å². The summed E-state index contributed by atoms with van der Waals surface area (Å²) in [4.78, 5) is 12.4. The Labute approximate surface area is 231 Å². The lowest BCUT2D eigenvalue weighted by molar-refractivity contribution is -0.144. The van der Waals surface area contributed by atoms with E-state index in [1.165, 1.54) is 4.90 Å². The molecule has 5 aliphatic rings. The van der Waals surface area contributed by atoms with E-state index >= 15 is 0 Å². The molecular weight excluding hydrogens is 585 g/mol. The van der Waals surface area contributed by atoms with E-state index in [0.717, 1.165) is 11.4 Å². The van der Waals surface area contributed by atoms with E-state index in [0.29, 0.717) is 25.5 Å². The van der Waals surface area contributed by atoms with Gasteiger partial charge in [-0.2, -0.15) is 17.5 Å². The number of benzene rings is 1. The fourth-order valence-corrected chi connectivity index (χ4v) is 8.73. The highest BCUT2D eigenvalue weighted by atomic mass is 32.2. The number of alkyl halides is 7. The second-order valence-corrected chi connectivity index (χ2v) is 14.6. The van der Waals surface area contributed by atoms with Crippen LogP contribution in [-0.4, -0.2) is 67.9 Å². The largest absolute Gasteiger partial charge is 0.492 e. The number of rotatable bonds is 8. The molecule has 6 rings (SSSR count). The minimum atomic E-state index is -5.04. The van der Waals surface area contributed by atoms with Crippen LogP contribution in [0.3, 0.4) is 0 Å². The van der Waals surface area contributed by atoms with Crippen molar-refractivity contribution >= 4 is 21.7 Å². The normalized spacial score (nSPS) is 34.2. The van der Waals surface area contributed by atoms with Gasteiger partial charge >= 0.3 is 12.1 Å². The summed E-state index contributed by atoms with van der Waals surface area (Å²) in [6, 6.07) is -0.491. The number of sulfonamides is 1. The third-order valence-corrected chi connectivity index (χ3v) is 12.1. The number of hydrogen-bond acceptors (Lipinski definition) is 5. The maximum Gasteiger partial charge on any atom is 0.420 e. The van der Waals surface area contributed by atoms with Gasteiger partial charge in [-0.05, 0) is 51.5 Å². The topological polar surface area (TPSA) is 87.2 Å². The van der Waals surface area contributed by atoms with Crippen molar-refractivity contribution in [1.29, 1.82) is 0 Å². The number of likely N-dealkylation sites (N-methyl/N-ethyl adjacent to an activating group) is 1. The molecule has 7 nitrogen and oxygen atoms in total. The molecule has 228 valence electrons. The Kier molecular flexibility index (Phi) is 5.76. The third kappa shape index (κ3) is 4.00. The quantitative estimate of drug-likeness (QED) is 0.396. The van der Waals surface area contributed by atoms with Gasteiger partial charge in [0, 0.05) is 49.0 Å². The van der Waals surface area contributed by atoms with Crippen LogP contribution in [-0.2, 0) is 21.0 Å². The lowest BCUT2D eigenvalue weighted by atomic mass is 9.91. The molecule has 15 heteroatoms. The zero-order valence-electron chi connectivity index (χ0n) is 22.2. The Bertz CT molecular complexity index is 1400. The van der Waals surface area contributed by atoms with Crippen molar-refractivity contribution in [3.05, 3.63) is 17.7 Å². The van der Waals surface area contributed by atoms with E-state index in [2.05, 4.69) is 0 Å². The maximum atomic E-state index is 14.4. The van der Waals surface area contributed by atoms with Crippen molar-refractivity contribution in [1.82, 2.24) is 4.31 Å². The molecule has 0 aromatic heterocycles. The van der Waals surface area contributed by atoms with E-state index in [1.54, 1.807) is 0 Å². The molecular formula is C26H29F7N2O5S. The predicted molar refractivity (Wildman–Crippen MR) is 130 cm³/mol. The number of carbonyl (C=O) groups is 1. The molecule has 41 heavy (non-hydrogen) atoms. The van der Waals surface area contributed by atoms with Crippen molar-refractivity contribution in [3.63, 3.8) is 0 Å². The summed E-state index contributed by atoms with van der Waals surface area (Å²) in [7, 11) is -3.42. The molecule has 4 aliphatic carbocycles. The highest BCUT2D eigenvalue weighted by molar-refractivity contribution is 7.89. The van der Waals surface area contributed by atoms with E-state index in [4.69, 9.17) is 4.74 Å². The molecule has 0 spiro atoms. The molecule has 1 heterocycles. The van der Waals surface area contributed by atoms with Crippen molar-refractivity contribution < 1.29 is 53.8 Å². The average Bonchev–Trinajstić information content (AvgIpc) is 3.79. The van der Waals surface area contributed by atoms with Gasteiger partial charge in [0.2, 0.25) is 15.9 Å². The van der Waals surface area contributed by atoms with Crippen LogP contribution in [0.15, 0.2) is 17.0 Å². The molecule has 4 saturated carbocycles. The van der Waals surface area contributed by atoms with Gasteiger partial charge in [-0.15, -0.1) is 0 Å². The van der Waals surface area contributed by atoms with Gasteiger partial charge in [-0.1, -0.05) is 0 Å². The standard InChI is InChI=1S/C26H29F7N2O5S/c1-21(27,28)4-3-14-11-35(15-9-23-12-24(23,10-15)26(23,32)33)17-7-16(25(29,30)31)18(8-19(17)41(38,39)34(14)2)40-13-22(5-6-22)20(36)37/h7-8,14-15H,3-6,9-13H2,1-2H3,(H,36,37)/t14-,15?,23?,24?/m1/s1. The third-order valence-electron chi connectivity index (χ3n) is 10.1. The van der Waals surface area contributed by atoms with Crippen molar-refractivity contribution in [2.75, 3.05) is 25.1 Å². The first kappa shape index (κ1) is 28.8. The number of aliphatic carboxylic acids is 1. The number of carboxylic acids is 1. The summed E-state index contributed by atoms with van der Waals surface area (Å²) in [6.07, 6.45) is -5.50. The molecule has 1 aromatic rings. The fourth-order valence-electron chi connectivity index (χ4n) is 7.16.